The number of carbonyl (C=O) groups is 1. The van der Waals surface area contributed by atoms with Gasteiger partial charge in [-0.3, -0.25) is 10.1 Å². The fourth-order valence-corrected chi connectivity index (χ4v) is 3.38. The molecule has 4 rings (SSSR count). The summed E-state index contributed by atoms with van der Waals surface area (Å²) in [6, 6.07) is 4.34. The van der Waals surface area contributed by atoms with E-state index in [2.05, 4.69) is 5.10 Å². The lowest BCUT2D eigenvalue weighted by Gasteiger charge is -2.18. The van der Waals surface area contributed by atoms with Gasteiger partial charge in [-0.25, -0.2) is 9.48 Å². The van der Waals surface area contributed by atoms with Crippen molar-refractivity contribution >= 4 is 11.7 Å². The maximum absolute atomic E-state index is 11.8. The zero-order chi connectivity index (χ0) is 20.5. The maximum atomic E-state index is 11.8. The molecule has 3 heterocycles. The number of aliphatic hydroxyl groups is 1. The van der Waals surface area contributed by atoms with Gasteiger partial charge >= 0.3 is 11.7 Å². The van der Waals surface area contributed by atoms with Crippen molar-refractivity contribution in [2.75, 3.05) is 19.8 Å². The Morgan fingerprint density at radius 2 is 2.17 bits per heavy atom. The Labute approximate surface area is 164 Å². The number of nitrogens with zero attached hydrogens (tertiary/aromatic N) is 3. The Kier molecular flexibility index (Phi) is 5.18. The largest absolute Gasteiger partial charge is 0.478 e. The number of aromatic nitrogens is 2. The van der Waals surface area contributed by atoms with Gasteiger partial charge in [0.25, 0.3) is 0 Å². The summed E-state index contributed by atoms with van der Waals surface area (Å²) in [5.74, 6) is -0.474. The standard InChI is InChI=1S/C18H19N3O8/c1-2-26-18(23)10-6-19-20(7-10)11-3-4-14(12(5-11)21(24)25)29-15-9-28-16-13(22)8-27-17(15)16/h3-7,13,15-17,22H,2,8-9H2,1H3/t13-,15-,16+,17+/m0/s1. The first-order valence-electron chi connectivity index (χ1n) is 9.06. The molecule has 0 bridgehead atoms. The Morgan fingerprint density at radius 1 is 1.38 bits per heavy atom. The Bertz CT molecular complexity index is 930. The third kappa shape index (κ3) is 3.67. The molecule has 2 saturated heterocycles. The number of hydrogen-bond acceptors (Lipinski definition) is 9. The minimum Gasteiger partial charge on any atom is -0.478 e. The number of aliphatic hydroxyl groups excluding tert-OH is 1. The number of nitro groups is 1. The minimum atomic E-state index is -0.737. The summed E-state index contributed by atoms with van der Waals surface area (Å²) in [6.07, 6.45) is 0.473. The van der Waals surface area contributed by atoms with Crippen LogP contribution >= 0.6 is 0 Å². The normalized spacial score (nSPS) is 25.6. The molecule has 0 amide bonds. The van der Waals surface area contributed by atoms with Crippen molar-refractivity contribution < 1.29 is 33.8 Å². The number of nitro benzene ring substituents is 1. The maximum Gasteiger partial charge on any atom is 0.341 e. The molecule has 1 N–H and O–H groups in total. The number of fused-ring (bicyclic) bond motifs is 1. The molecular weight excluding hydrogens is 386 g/mol. The van der Waals surface area contributed by atoms with Crippen LogP contribution in [-0.2, 0) is 14.2 Å². The lowest BCUT2D eigenvalue weighted by molar-refractivity contribution is -0.386. The van der Waals surface area contributed by atoms with Gasteiger partial charge in [0, 0.05) is 12.3 Å². The molecule has 29 heavy (non-hydrogen) atoms. The smallest absolute Gasteiger partial charge is 0.341 e. The molecule has 154 valence electrons. The average molecular weight is 405 g/mol. The van der Waals surface area contributed by atoms with Gasteiger partial charge in [-0.1, -0.05) is 0 Å². The van der Waals surface area contributed by atoms with Gasteiger partial charge < -0.3 is 24.1 Å². The van der Waals surface area contributed by atoms with E-state index in [1.165, 1.54) is 29.2 Å². The molecule has 2 aromatic rings. The molecule has 2 aliphatic rings. The number of benzene rings is 1. The van der Waals surface area contributed by atoms with Crippen LogP contribution in [0, 0.1) is 10.1 Å². The van der Waals surface area contributed by atoms with Crippen LogP contribution in [0.15, 0.2) is 30.6 Å². The van der Waals surface area contributed by atoms with Crippen molar-refractivity contribution in [1.82, 2.24) is 9.78 Å². The van der Waals surface area contributed by atoms with Gasteiger partial charge in [-0.05, 0) is 19.1 Å². The fourth-order valence-electron chi connectivity index (χ4n) is 3.38. The first kappa shape index (κ1) is 19.3. The highest BCUT2D eigenvalue weighted by atomic mass is 16.6. The van der Waals surface area contributed by atoms with Crippen LogP contribution in [0.4, 0.5) is 5.69 Å². The summed E-state index contributed by atoms with van der Waals surface area (Å²) in [4.78, 5) is 22.8. The van der Waals surface area contributed by atoms with Gasteiger partial charge in [0.05, 0.1) is 42.2 Å². The molecular formula is C18H19N3O8. The van der Waals surface area contributed by atoms with E-state index in [-0.39, 0.29) is 36.8 Å². The monoisotopic (exact) mass is 405 g/mol. The molecule has 1 aromatic heterocycles. The molecule has 0 saturated carbocycles. The predicted molar refractivity (Wildman–Crippen MR) is 96.1 cm³/mol. The fraction of sp³-hybridized carbons (Fsp3) is 0.444. The Balaban J connectivity index is 1.56. The molecule has 2 fully saturated rings. The molecule has 1 aromatic carbocycles. The van der Waals surface area contributed by atoms with Crippen LogP contribution in [0.3, 0.4) is 0 Å². The van der Waals surface area contributed by atoms with Crippen molar-refractivity contribution in [2.45, 2.75) is 31.3 Å². The summed E-state index contributed by atoms with van der Waals surface area (Å²) in [7, 11) is 0. The van der Waals surface area contributed by atoms with E-state index in [4.69, 9.17) is 18.9 Å². The van der Waals surface area contributed by atoms with Crippen LogP contribution in [0.2, 0.25) is 0 Å². The minimum absolute atomic E-state index is 0.0516. The zero-order valence-corrected chi connectivity index (χ0v) is 15.5. The van der Waals surface area contributed by atoms with E-state index >= 15 is 0 Å². The number of carbonyl (C=O) groups excluding carboxylic acids is 1. The van der Waals surface area contributed by atoms with Crippen LogP contribution in [-0.4, -0.2) is 70.0 Å². The lowest BCUT2D eigenvalue weighted by Crippen LogP contribution is -2.34. The zero-order valence-electron chi connectivity index (χ0n) is 15.5. The lowest BCUT2D eigenvalue weighted by atomic mass is 10.1. The second kappa shape index (κ2) is 7.78. The second-order valence-electron chi connectivity index (χ2n) is 6.62. The number of rotatable bonds is 6. The summed E-state index contributed by atoms with van der Waals surface area (Å²) >= 11 is 0. The van der Waals surface area contributed by atoms with Crippen molar-refractivity contribution in [1.29, 1.82) is 0 Å². The van der Waals surface area contributed by atoms with Crippen LogP contribution in [0.1, 0.15) is 17.3 Å². The Hall–Kier alpha value is -3.02. The molecule has 0 aliphatic carbocycles. The van der Waals surface area contributed by atoms with Crippen LogP contribution in [0.25, 0.3) is 5.69 Å². The first-order valence-corrected chi connectivity index (χ1v) is 9.06. The highest BCUT2D eigenvalue weighted by Gasteiger charge is 2.48. The molecule has 0 unspecified atom stereocenters. The molecule has 0 spiro atoms. The third-order valence-electron chi connectivity index (χ3n) is 4.76. The summed E-state index contributed by atoms with van der Waals surface area (Å²) in [5.41, 5.74) is 0.353. The van der Waals surface area contributed by atoms with Crippen LogP contribution < -0.4 is 4.74 Å². The number of ether oxygens (including phenoxy) is 4. The van der Waals surface area contributed by atoms with Gasteiger partial charge in [0.2, 0.25) is 0 Å². The molecule has 4 atom stereocenters. The van der Waals surface area contributed by atoms with Gasteiger partial charge in [-0.15, -0.1) is 0 Å². The van der Waals surface area contributed by atoms with E-state index in [1.54, 1.807) is 13.0 Å². The Morgan fingerprint density at radius 3 is 2.93 bits per heavy atom. The molecule has 0 radical (unpaired) electrons. The van der Waals surface area contributed by atoms with Crippen molar-refractivity contribution in [3.63, 3.8) is 0 Å². The number of esters is 1. The summed E-state index contributed by atoms with van der Waals surface area (Å²) in [5, 5.41) is 25.4. The van der Waals surface area contributed by atoms with Gasteiger partial charge in [0.15, 0.2) is 11.9 Å². The highest BCUT2D eigenvalue weighted by Crippen LogP contribution is 2.34. The van der Waals surface area contributed by atoms with E-state index in [0.717, 1.165) is 0 Å². The summed E-state index contributed by atoms with van der Waals surface area (Å²) < 4.78 is 23.0. The van der Waals surface area contributed by atoms with Gasteiger partial charge in [0.1, 0.15) is 18.3 Å². The van der Waals surface area contributed by atoms with E-state index < -0.39 is 35.3 Å². The average Bonchev–Trinajstić information content (AvgIpc) is 3.41. The topological polar surface area (TPSA) is 135 Å². The second-order valence-corrected chi connectivity index (χ2v) is 6.62. The van der Waals surface area contributed by atoms with E-state index in [0.29, 0.717) is 5.69 Å². The highest BCUT2D eigenvalue weighted by molar-refractivity contribution is 5.88. The van der Waals surface area contributed by atoms with Gasteiger partial charge in [-0.2, -0.15) is 5.10 Å². The van der Waals surface area contributed by atoms with Crippen LogP contribution in [0.5, 0.6) is 5.75 Å². The SMILES string of the molecule is CCOC(=O)c1cnn(-c2ccc(O[C@H]3CO[C@H]4[C@@H]3OC[C@@H]4O)c([N+](=O)[O-])c2)c1. The molecule has 11 heteroatoms. The predicted octanol–water partition coefficient (Wildman–Crippen LogP) is 0.863. The molecule has 11 nitrogen and oxygen atoms in total. The quantitative estimate of drug-likeness (QED) is 0.422. The van der Waals surface area contributed by atoms with Crippen molar-refractivity contribution in [2.24, 2.45) is 0 Å². The van der Waals surface area contributed by atoms with E-state index in [1.807, 2.05) is 0 Å². The van der Waals surface area contributed by atoms with E-state index in [9.17, 15) is 20.0 Å². The summed E-state index contributed by atoms with van der Waals surface area (Å²) in [6.45, 7) is 2.22. The van der Waals surface area contributed by atoms with Crippen molar-refractivity contribution in [3.05, 3.63) is 46.3 Å². The van der Waals surface area contributed by atoms with Crippen molar-refractivity contribution in [3.8, 4) is 11.4 Å². The third-order valence-corrected chi connectivity index (χ3v) is 4.76. The molecule has 2 aliphatic heterocycles. The first-order chi connectivity index (χ1) is 14.0. The number of hydrogen-bond donors (Lipinski definition) is 1.